The molecular weight excluding hydrogens is 522 g/mol. The van der Waals surface area contributed by atoms with Crippen LogP contribution in [-0.2, 0) is 37.8 Å². The molecule has 0 spiro atoms. The standard InChI is InChI=1S/C15H19N5O.C13H16N6O/c1-5-9(21)12-10-13(20(4)19-12)11-8(6-15(10,2)3)7-17-14(16)18-11;1-13(2)4-6-5-16-12(15)17-8(6)10-7(13)9(11(14)20)18-19(10)3/h7H,5-6H2,1-4H3,(H2,16,17,18);5H,4H2,1-3H3,(H2,14,20)(H2,15,16,17). The van der Waals surface area contributed by atoms with Crippen LogP contribution in [-0.4, -0.2) is 51.2 Å². The summed E-state index contributed by atoms with van der Waals surface area (Å²) in [5.74, 6) is -0.0222. The van der Waals surface area contributed by atoms with Crippen molar-refractivity contribution in [2.75, 3.05) is 11.5 Å². The zero-order chi connectivity index (χ0) is 30.0. The van der Waals surface area contributed by atoms with Crippen LogP contribution in [0.3, 0.4) is 0 Å². The molecule has 13 nitrogen and oxygen atoms in total. The summed E-state index contributed by atoms with van der Waals surface area (Å²) in [7, 11) is 3.61. The third-order valence-electron chi connectivity index (χ3n) is 7.75. The van der Waals surface area contributed by atoms with E-state index in [0.717, 1.165) is 51.5 Å². The minimum atomic E-state index is -0.527. The first kappa shape index (κ1) is 27.9. The van der Waals surface area contributed by atoms with Gasteiger partial charge in [-0.25, -0.2) is 19.9 Å². The lowest BCUT2D eigenvalue weighted by atomic mass is 9.72. The van der Waals surface area contributed by atoms with Crippen molar-refractivity contribution in [3.05, 3.63) is 46.0 Å². The molecule has 0 radical (unpaired) electrons. The van der Waals surface area contributed by atoms with E-state index in [4.69, 9.17) is 17.2 Å². The summed E-state index contributed by atoms with van der Waals surface area (Å²) in [5, 5.41) is 8.71. The lowest BCUT2D eigenvalue weighted by molar-refractivity contribution is 0.0976. The van der Waals surface area contributed by atoms with Gasteiger partial charge >= 0.3 is 0 Å². The average molecular weight is 558 g/mol. The molecule has 0 bridgehead atoms. The number of hydrogen-bond donors (Lipinski definition) is 3. The molecule has 0 aliphatic heterocycles. The lowest BCUT2D eigenvalue weighted by Crippen LogP contribution is -2.29. The number of hydrogen-bond acceptors (Lipinski definition) is 10. The maximum absolute atomic E-state index is 12.2. The third-order valence-corrected chi connectivity index (χ3v) is 7.75. The van der Waals surface area contributed by atoms with Gasteiger partial charge in [-0.1, -0.05) is 34.6 Å². The number of carbonyl (C=O) groups is 2. The molecule has 0 fully saturated rings. The Balaban J connectivity index is 0.000000165. The van der Waals surface area contributed by atoms with Crippen molar-refractivity contribution in [1.29, 1.82) is 0 Å². The maximum Gasteiger partial charge on any atom is 0.269 e. The fourth-order valence-corrected chi connectivity index (χ4v) is 6.05. The number of nitrogens with two attached hydrogens (primary N) is 3. The molecule has 0 aromatic carbocycles. The van der Waals surface area contributed by atoms with Crippen molar-refractivity contribution in [3.63, 3.8) is 0 Å². The fraction of sp³-hybridized carbons (Fsp3) is 0.429. The molecule has 41 heavy (non-hydrogen) atoms. The zero-order valence-electron chi connectivity index (χ0n) is 24.4. The van der Waals surface area contributed by atoms with E-state index in [1.54, 1.807) is 28.8 Å². The van der Waals surface area contributed by atoms with Crippen LogP contribution >= 0.6 is 0 Å². The van der Waals surface area contributed by atoms with Crippen LogP contribution in [0.2, 0.25) is 0 Å². The van der Waals surface area contributed by atoms with Crippen LogP contribution in [0.5, 0.6) is 0 Å². The summed E-state index contributed by atoms with van der Waals surface area (Å²) in [6, 6.07) is 0. The molecule has 2 aliphatic carbocycles. The van der Waals surface area contributed by atoms with Gasteiger partial charge in [0.1, 0.15) is 5.69 Å². The minimum absolute atomic E-state index is 0.0606. The molecule has 1 amide bonds. The number of aromatic nitrogens is 8. The van der Waals surface area contributed by atoms with E-state index in [9.17, 15) is 9.59 Å². The molecule has 2 aliphatic rings. The van der Waals surface area contributed by atoms with Gasteiger partial charge in [0.25, 0.3) is 5.91 Å². The first-order valence-electron chi connectivity index (χ1n) is 13.4. The van der Waals surface area contributed by atoms with Crippen LogP contribution in [0.1, 0.15) is 84.3 Å². The molecule has 214 valence electrons. The molecule has 0 unspecified atom stereocenters. The number of primary amides is 1. The van der Waals surface area contributed by atoms with Crippen molar-refractivity contribution >= 4 is 23.6 Å². The Bertz CT molecular complexity index is 1730. The van der Waals surface area contributed by atoms with Crippen LogP contribution in [0.4, 0.5) is 11.9 Å². The predicted octanol–water partition coefficient (Wildman–Crippen LogP) is 2.28. The van der Waals surface area contributed by atoms with Crippen LogP contribution in [0, 0.1) is 0 Å². The maximum atomic E-state index is 12.2. The van der Waals surface area contributed by atoms with Gasteiger partial charge in [-0.3, -0.25) is 19.0 Å². The van der Waals surface area contributed by atoms with Crippen molar-refractivity contribution < 1.29 is 9.59 Å². The van der Waals surface area contributed by atoms with Crippen LogP contribution in [0.25, 0.3) is 22.8 Å². The smallest absolute Gasteiger partial charge is 0.269 e. The Morgan fingerprint density at radius 1 is 0.805 bits per heavy atom. The van der Waals surface area contributed by atoms with Crippen molar-refractivity contribution in [2.45, 2.75) is 64.7 Å². The van der Waals surface area contributed by atoms with Crippen molar-refractivity contribution in [2.24, 2.45) is 19.8 Å². The molecule has 0 atom stereocenters. The Morgan fingerprint density at radius 3 is 1.63 bits per heavy atom. The monoisotopic (exact) mass is 557 g/mol. The summed E-state index contributed by atoms with van der Waals surface area (Å²) >= 11 is 0. The SMILES string of the molecule is CCC(=O)c1nn(C)c2c1C(C)(C)Cc1cnc(N)nc1-2.Cn1nc(C(N)=O)c2c1-c1nc(N)ncc1CC2(C)C. The summed E-state index contributed by atoms with van der Waals surface area (Å²) in [6.45, 7) is 10.2. The van der Waals surface area contributed by atoms with Crippen molar-refractivity contribution in [3.8, 4) is 22.8 Å². The van der Waals surface area contributed by atoms with Crippen LogP contribution in [0.15, 0.2) is 12.4 Å². The highest BCUT2D eigenvalue weighted by Crippen LogP contribution is 2.45. The minimum Gasteiger partial charge on any atom is -0.368 e. The van der Waals surface area contributed by atoms with Gasteiger partial charge in [0.05, 0.1) is 22.8 Å². The summed E-state index contributed by atoms with van der Waals surface area (Å²) in [4.78, 5) is 40.7. The highest BCUT2D eigenvalue weighted by Gasteiger charge is 2.40. The van der Waals surface area contributed by atoms with E-state index in [0.29, 0.717) is 24.2 Å². The molecular formula is C28H35N11O2. The molecule has 13 heteroatoms. The molecule has 4 aromatic rings. The average Bonchev–Trinajstić information content (AvgIpc) is 3.44. The topological polar surface area (TPSA) is 199 Å². The second-order valence-corrected chi connectivity index (χ2v) is 11.9. The quantitative estimate of drug-likeness (QED) is 0.314. The lowest BCUT2D eigenvalue weighted by Gasteiger charge is -2.31. The number of ketones is 1. The molecule has 0 saturated heterocycles. The molecule has 4 aromatic heterocycles. The fourth-order valence-electron chi connectivity index (χ4n) is 6.05. The van der Waals surface area contributed by atoms with Gasteiger partial charge < -0.3 is 17.2 Å². The van der Waals surface area contributed by atoms with Crippen LogP contribution < -0.4 is 17.2 Å². The van der Waals surface area contributed by atoms with E-state index in [-0.39, 0.29) is 28.5 Å². The Kier molecular flexibility index (Phi) is 6.43. The summed E-state index contributed by atoms with van der Waals surface area (Å²) in [6.07, 6.45) is 5.43. The number of carbonyl (C=O) groups excluding carboxylic acids is 2. The van der Waals surface area contributed by atoms with E-state index in [2.05, 4.69) is 57.8 Å². The number of anilines is 2. The zero-order valence-corrected chi connectivity index (χ0v) is 24.4. The van der Waals surface area contributed by atoms with Gasteiger partial charge in [-0.05, 0) is 34.8 Å². The summed E-state index contributed by atoms with van der Waals surface area (Å²) in [5.41, 5.74) is 24.3. The van der Waals surface area contributed by atoms with Crippen molar-refractivity contribution in [1.82, 2.24) is 39.5 Å². The number of aryl methyl sites for hydroxylation is 2. The molecule has 6 N–H and O–H groups in total. The first-order chi connectivity index (χ1) is 19.2. The van der Waals surface area contributed by atoms with Gasteiger partial charge in [0.2, 0.25) is 11.9 Å². The predicted molar refractivity (Wildman–Crippen MR) is 154 cm³/mol. The van der Waals surface area contributed by atoms with Gasteiger partial charge in [0.15, 0.2) is 11.5 Å². The van der Waals surface area contributed by atoms with E-state index >= 15 is 0 Å². The largest absolute Gasteiger partial charge is 0.368 e. The van der Waals surface area contributed by atoms with Gasteiger partial charge in [-0.2, -0.15) is 10.2 Å². The molecule has 0 saturated carbocycles. The third kappa shape index (κ3) is 4.50. The number of rotatable bonds is 3. The Morgan fingerprint density at radius 2 is 1.22 bits per heavy atom. The number of fused-ring (bicyclic) bond motifs is 6. The second kappa shape index (κ2) is 9.46. The highest BCUT2D eigenvalue weighted by atomic mass is 16.1. The van der Waals surface area contributed by atoms with E-state index < -0.39 is 5.91 Å². The number of nitrogens with zero attached hydrogens (tertiary/aromatic N) is 8. The number of Topliss-reactive ketones (excluding diaryl/α,β-unsaturated/α-hetero) is 1. The Labute approximate surface area is 237 Å². The van der Waals surface area contributed by atoms with Gasteiger partial charge in [-0.15, -0.1) is 0 Å². The Hall–Kier alpha value is -4.68. The molecule has 4 heterocycles. The number of nitrogen functional groups attached to an aromatic ring is 2. The molecule has 6 rings (SSSR count). The first-order valence-corrected chi connectivity index (χ1v) is 13.4. The highest BCUT2D eigenvalue weighted by molar-refractivity contribution is 5.98. The normalized spacial score (nSPS) is 15.5. The summed E-state index contributed by atoms with van der Waals surface area (Å²) < 4.78 is 3.38. The van der Waals surface area contributed by atoms with Gasteiger partial charge in [0, 0.05) is 44.0 Å². The van der Waals surface area contributed by atoms with E-state index in [1.807, 2.05) is 14.0 Å². The van der Waals surface area contributed by atoms with E-state index in [1.165, 1.54) is 0 Å². The number of amides is 1. The second-order valence-electron chi connectivity index (χ2n) is 11.9.